The molecule has 0 aromatic rings. The van der Waals surface area contributed by atoms with E-state index in [4.69, 9.17) is 13.7 Å². The standard InChI is InChI=1S/C21H38N2O7S/c1-20(2,3)29-18(24)22-14-15(12-13-28-31(7,26)27)23(19(25)30-21(4,5)6)17-11-9-8-10-16(17)22/h15-17H,8-14H2,1-7H3/t15-,16+,17+/m1/s1. The summed E-state index contributed by atoms with van der Waals surface area (Å²) in [5.74, 6) is 0. The van der Waals surface area contributed by atoms with E-state index in [1.54, 1.807) is 9.80 Å². The van der Waals surface area contributed by atoms with Gasteiger partial charge in [0.15, 0.2) is 0 Å². The van der Waals surface area contributed by atoms with Gasteiger partial charge in [-0.15, -0.1) is 0 Å². The third-order valence-corrected chi connectivity index (χ3v) is 5.83. The Bertz CT molecular complexity index is 755. The number of fused-ring (bicyclic) bond motifs is 1. The summed E-state index contributed by atoms with van der Waals surface area (Å²) in [6, 6.07) is -0.820. The molecule has 2 aliphatic rings. The highest BCUT2D eigenvalue weighted by Gasteiger charge is 2.48. The Morgan fingerprint density at radius 3 is 1.94 bits per heavy atom. The molecular weight excluding hydrogens is 424 g/mol. The molecule has 9 nitrogen and oxygen atoms in total. The van der Waals surface area contributed by atoms with Crippen molar-refractivity contribution in [3.8, 4) is 0 Å². The molecule has 1 aliphatic carbocycles. The van der Waals surface area contributed by atoms with Gasteiger partial charge in [0.2, 0.25) is 0 Å². The summed E-state index contributed by atoms with van der Waals surface area (Å²) < 4.78 is 39.1. The van der Waals surface area contributed by atoms with Crippen molar-refractivity contribution in [2.24, 2.45) is 0 Å². The fourth-order valence-corrected chi connectivity index (χ4v) is 4.60. The van der Waals surface area contributed by atoms with Gasteiger partial charge in [-0.2, -0.15) is 8.42 Å². The summed E-state index contributed by atoms with van der Waals surface area (Å²) in [7, 11) is -3.61. The van der Waals surface area contributed by atoms with Gasteiger partial charge in [-0.25, -0.2) is 9.59 Å². The molecule has 0 spiro atoms. The van der Waals surface area contributed by atoms with Crippen LogP contribution in [-0.4, -0.2) is 79.1 Å². The predicted molar refractivity (Wildman–Crippen MR) is 116 cm³/mol. The Morgan fingerprint density at radius 2 is 1.42 bits per heavy atom. The lowest BCUT2D eigenvalue weighted by atomic mass is 9.84. The molecule has 0 N–H and O–H groups in total. The van der Waals surface area contributed by atoms with Crippen LogP contribution in [0.3, 0.4) is 0 Å². The van der Waals surface area contributed by atoms with Crippen molar-refractivity contribution in [1.29, 1.82) is 0 Å². The first kappa shape index (κ1) is 25.7. The number of carbonyl (C=O) groups excluding carboxylic acids is 2. The number of rotatable bonds is 4. The Hall–Kier alpha value is -1.55. The van der Waals surface area contributed by atoms with Crippen molar-refractivity contribution in [2.75, 3.05) is 19.4 Å². The predicted octanol–water partition coefficient (Wildman–Crippen LogP) is 3.52. The van der Waals surface area contributed by atoms with Crippen molar-refractivity contribution < 1.29 is 31.7 Å². The van der Waals surface area contributed by atoms with E-state index >= 15 is 0 Å². The van der Waals surface area contributed by atoms with Gasteiger partial charge < -0.3 is 14.4 Å². The van der Waals surface area contributed by atoms with E-state index in [2.05, 4.69) is 0 Å². The molecule has 0 aromatic heterocycles. The highest BCUT2D eigenvalue weighted by Crippen LogP contribution is 2.35. The summed E-state index contributed by atoms with van der Waals surface area (Å²) in [6.45, 7) is 11.0. The fourth-order valence-electron chi connectivity index (χ4n) is 4.20. The van der Waals surface area contributed by atoms with Crippen LogP contribution < -0.4 is 0 Å². The van der Waals surface area contributed by atoms with Crippen molar-refractivity contribution in [2.45, 2.75) is 103 Å². The van der Waals surface area contributed by atoms with Gasteiger partial charge in [0.1, 0.15) is 11.2 Å². The summed E-state index contributed by atoms with van der Waals surface area (Å²) in [4.78, 5) is 29.6. The molecule has 0 aromatic carbocycles. The fraction of sp³-hybridized carbons (Fsp3) is 0.905. The van der Waals surface area contributed by atoms with E-state index in [-0.39, 0.29) is 31.7 Å². The Balaban J connectivity index is 2.32. The molecule has 2 fully saturated rings. The largest absolute Gasteiger partial charge is 0.444 e. The average Bonchev–Trinajstić information content (AvgIpc) is 2.56. The Morgan fingerprint density at radius 1 is 0.903 bits per heavy atom. The van der Waals surface area contributed by atoms with Crippen LogP contribution in [0.5, 0.6) is 0 Å². The van der Waals surface area contributed by atoms with Crippen molar-refractivity contribution in [3.63, 3.8) is 0 Å². The molecule has 1 saturated carbocycles. The maximum atomic E-state index is 13.2. The second kappa shape index (κ2) is 9.52. The van der Waals surface area contributed by atoms with Crippen LogP contribution in [0.1, 0.15) is 73.6 Å². The lowest BCUT2D eigenvalue weighted by molar-refractivity contribution is -0.0652. The topological polar surface area (TPSA) is 102 Å². The van der Waals surface area contributed by atoms with Crippen molar-refractivity contribution in [3.05, 3.63) is 0 Å². The second-order valence-electron chi connectivity index (χ2n) is 10.4. The Labute approximate surface area is 186 Å². The number of amides is 2. The third-order valence-electron chi connectivity index (χ3n) is 5.23. The SMILES string of the molecule is CC(C)(C)OC(=O)N1C[C@@H](CCOS(C)(=O)=O)N(C(=O)OC(C)(C)C)[C@H]2CCCC[C@@H]21. The van der Waals surface area contributed by atoms with Crippen LogP contribution in [0.2, 0.25) is 0 Å². The van der Waals surface area contributed by atoms with Crippen molar-refractivity contribution >= 4 is 22.3 Å². The van der Waals surface area contributed by atoms with E-state index in [1.807, 2.05) is 41.5 Å². The lowest BCUT2D eigenvalue weighted by Crippen LogP contribution is -2.68. The number of ether oxygens (including phenoxy) is 2. The second-order valence-corrected chi connectivity index (χ2v) is 12.1. The maximum Gasteiger partial charge on any atom is 0.410 e. The van der Waals surface area contributed by atoms with E-state index in [9.17, 15) is 18.0 Å². The number of piperazine rings is 1. The monoisotopic (exact) mass is 462 g/mol. The van der Waals surface area contributed by atoms with Gasteiger partial charge in [0.05, 0.1) is 31.0 Å². The lowest BCUT2D eigenvalue weighted by Gasteiger charge is -2.53. The van der Waals surface area contributed by atoms with Crippen LogP contribution in [0.15, 0.2) is 0 Å². The normalized spacial score (nSPS) is 25.1. The van der Waals surface area contributed by atoms with Crippen LogP contribution >= 0.6 is 0 Å². The average molecular weight is 463 g/mol. The van der Waals surface area contributed by atoms with E-state index < -0.39 is 39.5 Å². The summed E-state index contributed by atoms with van der Waals surface area (Å²) in [5.41, 5.74) is -1.31. The van der Waals surface area contributed by atoms with Crippen LogP contribution in [0.4, 0.5) is 9.59 Å². The number of nitrogens with zero attached hydrogens (tertiary/aromatic N) is 2. The summed E-state index contributed by atoms with van der Waals surface area (Å²) in [5, 5.41) is 0. The van der Waals surface area contributed by atoms with E-state index in [0.717, 1.165) is 31.9 Å². The first-order chi connectivity index (χ1) is 14.1. The number of hydrogen-bond acceptors (Lipinski definition) is 7. The highest BCUT2D eigenvalue weighted by molar-refractivity contribution is 7.85. The van der Waals surface area contributed by atoms with Gasteiger partial charge in [-0.1, -0.05) is 12.8 Å². The molecule has 2 amide bonds. The van der Waals surface area contributed by atoms with Gasteiger partial charge in [-0.05, 0) is 60.8 Å². The molecule has 10 heteroatoms. The number of carbonyl (C=O) groups is 2. The smallest absolute Gasteiger partial charge is 0.410 e. The van der Waals surface area contributed by atoms with Gasteiger partial charge in [-0.3, -0.25) is 9.08 Å². The minimum absolute atomic E-state index is 0.0810. The zero-order valence-corrected chi connectivity index (χ0v) is 20.7. The Kier molecular flexibility index (Phi) is 7.90. The van der Waals surface area contributed by atoms with Crippen LogP contribution in [0.25, 0.3) is 0 Å². The minimum Gasteiger partial charge on any atom is -0.444 e. The van der Waals surface area contributed by atoms with E-state index in [1.165, 1.54) is 0 Å². The van der Waals surface area contributed by atoms with Crippen molar-refractivity contribution in [1.82, 2.24) is 9.80 Å². The molecule has 3 atom stereocenters. The molecule has 0 unspecified atom stereocenters. The zero-order chi connectivity index (χ0) is 23.6. The quantitative estimate of drug-likeness (QED) is 0.589. The molecule has 1 saturated heterocycles. The molecule has 180 valence electrons. The molecular formula is C21H38N2O7S. The van der Waals surface area contributed by atoms with Crippen LogP contribution in [0, 0.1) is 0 Å². The molecule has 1 aliphatic heterocycles. The molecule has 1 heterocycles. The molecule has 31 heavy (non-hydrogen) atoms. The minimum atomic E-state index is -3.61. The molecule has 0 bridgehead atoms. The highest BCUT2D eigenvalue weighted by atomic mass is 32.2. The van der Waals surface area contributed by atoms with Gasteiger partial charge >= 0.3 is 12.2 Å². The van der Waals surface area contributed by atoms with E-state index in [0.29, 0.717) is 0 Å². The maximum absolute atomic E-state index is 13.2. The third kappa shape index (κ3) is 7.82. The van der Waals surface area contributed by atoms with Gasteiger partial charge in [0.25, 0.3) is 10.1 Å². The zero-order valence-electron chi connectivity index (χ0n) is 19.8. The van der Waals surface area contributed by atoms with Crippen LogP contribution in [-0.2, 0) is 23.8 Å². The first-order valence-electron chi connectivity index (χ1n) is 10.9. The summed E-state index contributed by atoms with van der Waals surface area (Å²) >= 11 is 0. The van der Waals surface area contributed by atoms with Gasteiger partial charge in [0, 0.05) is 6.54 Å². The summed E-state index contributed by atoms with van der Waals surface area (Å²) in [6.07, 6.45) is 3.81. The number of hydrogen-bond donors (Lipinski definition) is 0. The molecule has 0 radical (unpaired) electrons. The molecule has 2 rings (SSSR count). The first-order valence-corrected chi connectivity index (χ1v) is 12.7.